The summed E-state index contributed by atoms with van der Waals surface area (Å²) >= 11 is 0. The van der Waals surface area contributed by atoms with E-state index in [0.29, 0.717) is 18.6 Å². The molecule has 35 heavy (non-hydrogen) atoms. The lowest BCUT2D eigenvalue weighted by atomic mass is 9.99. The first kappa shape index (κ1) is 25.9. The van der Waals surface area contributed by atoms with E-state index in [1.165, 1.54) is 0 Å². The van der Waals surface area contributed by atoms with Crippen LogP contribution in [0, 0.1) is 0 Å². The first-order chi connectivity index (χ1) is 16.6. The summed E-state index contributed by atoms with van der Waals surface area (Å²) in [4.78, 5) is 0. The number of aromatic nitrogens is 2. The number of aliphatic hydroxyl groups is 4. The first-order valence-corrected chi connectivity index (χ1v) is 11.4. The Kier molecular flexibility index (Phi) is 7.69. The highest BCUT2D eigenvalue weighted by Gasteiger charge is 2.47. The van der Waals surface area contributed by atoms with Crippen LogP contribution < -0.4 is 4.74 Å². The van der Waals surface area contributed by atoms with E-state index in [9.17, 15) is 33.6 Å². The number of hydrogen-bond donors (Lipinski definition) is 4. The van der Waals surface area contributed by atoms with Crippen LogP contribution in [0.4, 0.5) is 13.2 Å². The zero-order valence-corrected chi connectivity index (χ0v) is 19.1. The summed E-state index contributed by atoms with van der Waals surface area (Å²) in [7, 11) is 0. The van der Waals surface area contributed by atoms with Crippen molar-refractivity contribution in [2.75, 3.05) is 19.8 Å². The van der Waals surface area contributed by atoms with Crippen molar-refractivity contribution in [1.82, 2.24) is 9.78 Å². The molecule has 2 aliphatic heterocycles. The van der Waals surface area contributed by atoms with Crippen molar-refractivity contribution in [3.05, 3.63) is 46.6 Å². The van der Waals surface area contributed by atoms with E-state index in [1.807, 2.05) is 19.1 Å². The Labute approximate surface area is 199 Å². The van der Waals surface area contributed by atoms with Gasteiger partial charge < -0.3 is 34.6 Å². The van der Waals surface area contributed by atoms with Gasteiger partial charge >= 0.3 is 6.18 Å². The predicted octanol–water partition coefficient (Wildman–Crippen LogP) is 1.20. The molecule has 0 amide bonds. The molecule has 1 aromatic heterocycles. The number of nitrogens with zero attached hydrogens (tertiary/aromatic N) is 2. The van der Waals surface area contributed by atoms with E-state index in [0.717, 1.165) is 16.7 Å². The Balaban J connectivity index is 1.75. The minimum atomic E-state index is -4.77. The maximum absolute atomic E-state index is 14.3. The van der Waals surface area contributed by atoms with Gasteiger partial charge in [0, 0.05) is 13.0 Å². The van der Waals surface area contributed by atoms with Crippen molar-refractivity contribution in [3.8, 4) is 5.88 Å². The Morgan fingerprint density at radius 1 is 1.09 bits per heavy atom. The van der Waals surface area contributed by atoms with Crippen LogP contribution in [-0.4, -0.2) is 80.7 Å². The molecule has 4 N–H and O–H groups in total. The van der Waals surface area contributed by atoms with Crippen molar-refractivity contribution in [1.29, 1.82) is 0 Å². The second kappa shape index (κ2) is 10.4. The lowest BCUT2D eigenvalue weighted by molar-refractivity contribution is -0.278. The fraction of sp³-hybridized carbons (Fsp3) is 0.609. The van der Waals surface area contributed by atoms with E-state index in [2.05, 4.69) is 5.10 Å². The maximum atomic E-state index is 14.3. The summed E-state index contributed by atoms with van der Waals surface area (Å²) in [5.74, 6) is -0.423. The minimum absolute atomic E-state index is 0.0505. The summed E-state index contributed by atoms with van der Waals surface area (Å²) in [6.07, 6.45) is -12.0. The molecule has 1 unspecified atom stereocenters. The second-order valence-corrected chi connectivity index (χ2v) is 8.75. The molecule has 0 saturated carbocycles. The zero-order valence-electron chi connectivity index (χ0n) is 19.1. The van der Waals surface area contributed by atoms with E-state index >= 15 is 0 Å². The van der Waals surface area contributed by atoms with Crippen LogP contribution in [0.2, 0.25) is 0 Å². The SMILES string of the molecule is CCc1ccc(Cc2c(O[C@@H]3O[C@H](CO)[C@@H](O)[C@H](O)[C@H]3O)nn(C3CCOC3)c2C(F)(F)F)cc1. The molecule has 9 nitrogen and oxygen atoms in total. The van der Waals surface area contributed by atoms with E-state index < -0.39 is 61.1 Å². The van der Waals surface area contributed by atoms with Gasteiger partial charge in [-0.05, 0) is 24.0 Å². The smallest absolute Gasteiger partial charge is 0.433 e. The largest absolute Gasteiger partial charge is 0.443 e. The molecule has 2 fully saturated rings. The summed E-state index contributed by atoms with van der Waals surface area (Å²) in [6, 6.07) is 6.45. The van der Waals surface area contributed by atoms with Gasteiger partial charge in [-0.3, -0.25) is 4.68 Å². The average molecular weight is 502 g/mol. The van der Waals surface area contributed by atoms with Crippen LogP contribution >= 0.6 is 0 Å². The van der Waals surface area contributed by atoms with Crippen molar-refractivity contribution in [3.63, 3.8) is 0 Å². The van der Waals surface area contributed by atoms with E-state index in [1.54, 1.807) is 12.1 Å². The molecular weight excluding hydrogens is 473 g/mol. The monoisotopic (exact) mass is 502 g/mol. The standard InChI is InChI=1S/C23H29F3N2O7/c1-2-12-3-5-13(6-4-12)9-15-20(23(24,25)26)28(14-7-8-33-11-14)27-21(15)35-22-19(32)18(31)17(30)16(10-29)34-22/h3-6,14,16-19,22,29-32H,2,7-11H2,1H3/t14?,16-,17-,18+,19-,22+/m1/s1. The fourth-order valence-corrected chi connectivity index (χ4v) is 4.35. The molecule has 0 aliphatic carbocycles. The highest BCUT2D eigenvalue weighted by atomic mass is 19.4. The van der Waals surface area contributed by atoms with E-state index in [-0.39, 0.29) is 18.6 Å². The molecule has 0 radical (unpaired) electrons. The van der Waals surface area contributed by atoms with E-state index in [4.69, 9.17) is 14.2 Å². The summed E-state index contributed by atoms with van der Waals surface area (Å²) in [6.45, 7) is 1.60. The van der Waals surface area contributed by atoms with Crippen molar-refractivity contribution < 1.29 is 47.8 Å². The fourth-order valence-electron chi connectivity index (χ4n) is 4.35. The topological polar surface area (TPSA) is 126 Å². The first-order valence-electron chi connectivity index (χ1n) is 11.4. The minimum Gasteiger partial charge on any atom is -0.443 e. The third-order valence-corrected chi connectivity index (χ3v) is 6.38. The molecule has 2 aromatic rings. The number of hydrogen-bond acceptors (Lipinski definition) is 8. The molecule has 194 valence electrons. The van der Waals surface area contributed by atoms with Crippen LogP contribution in [0.25, 0.3) is 0 Å². The van der Waals surface area contributed by atoms with Gasteiger partial charge in [0.05, 0.1) is 24.8 Å². The van der Waals surface area contributed by atoms with Crippen molar-refractivity contribution in [2.24, 2.45) is 0 Å². The number of rotatable bonds is 7. The Hall–Kier alpha value is -2.22. The van der Waals surface area contributed by atoms with Gasteiger partial charge in [-0.1, -0.05) is 31.2 Å². The Morgan fingerprint density at radius 2 is 1.77 bits per heavy atom. The van der Waals surface area contributed by atoms with Gasteiger partial charge in [0.2, 0.25) is 12.2 Å². The van der Waals surface area contributed by atoms with Gasteiger partial charge in [0.15, 0.2) is 0 Å². The van der Waals surface area contributed by atoms with Gasteiger partial charge in [-0.15, -0.1) is 5.10 Å². The highest BCUT2D eigenvalue weighted by Crippen LogP contribution is 2.41. The van der Waals surface area contributed by atoms with Crippen molar-refractivity contribution in [2.45, 2.75) is 69.1 Å². The molecule has 4 rings (SSSR count). The average Bonchev–Trinajstić information content (AvgIpc) is 3.48. The molecule has 0 bridgehead atoms. The summed E-state index contributed by atoms with van der Waals surface area (Å²) in [5.41, 5.74) is 0.368. The molecule has 6 atom stereocenters. The molecule has 0 spiro atoms. The molecule has 2 aliphatic rings. The van der Waals surface area contributed by atoms with Crippen LogP contribution in [0.5, 0.6) is 5.88 Å². The normalized spacial score (nSPS) is 29.5. The zero-order chi connectivity index (χ0) is 25.3. The molecular formula is C23H29F3N2O7. The van der Waals surface area contributed by atoms with Crippen molar-refractivity contribution >= 4 is 0 Å². The Morgan fingerprint density at radius 3 is 2.34 bits per heavy atom. The second-order valence-electron chi connectivity index (χ2n) is 8.75. The maximum Gasteiger partial charge on any atom is 0.433 e. The van der Waals surface area contributed by atoms with Gasteiger partial charge in [0.25, 0.3) is 0 Å². The van der Waals surface area contributed by atoms with Crippen LogP contribution in [-0.2, 0) is 28.5 Å². The Bertz CT molecular complexity index is 990. The van der Waals surface area contributed by atoms with Crippen LogP contribution in [0.3, 0.4) is 0 Å². The van der Waals surface area contributed by atoms with Crippen LogP contribution in [0.15, 0.2) is 24.3 Å². The van der Waals surface area contributed by atoms with Gasteiger partial charge in [0.1, 0.15) is 30.1 Å². The molecule has 3 heterocycles. The number of aliphatic hydroxyl groups excluding tert-OH is 4. The summed E-state index contributed by atoms with van der Waals surface area (Å²) in [5, 5.41) is 44.0. The third-order valence-electron chi connectivity index (χ3n) is 6.38. The predicted molar refractivity (Wildman–Crippen MR) is 115 cm³/mol. The number of ether oxygens (including phenoxy) is 3. The van der Waals surface area contributed by atoms with Gasteiger partial charge in [-0.2, -0.15) is 13.2 Å². The van der Waals surface area contributed by atoms with Crippen LogP contribution in [0.1, 0.15) is 41.8 Å². The molecule has 1 aromatic carbocycles. The quantitative estimate of drug-likeness (QED) is 0.445. The summed E-state index contributed by atoms with van der Waals surface area (Å²) < 4.78 is 60.1. The van der Waals surface area contributed by atoms with Gasteiger partial charge in [-0.25, -0.2) is 0 Å². The highest BCUT2D eigenvalue weighted by molar-refractivity contribution is 5.39. The third kappa shape index (κ3) is 5.32. The number of alkyl halides is 3. The number of aryl methyl sites for hydroxylation is 1. The molecule has 12 heteroatoms. The number of halogens is 3. The lowest BCUT2D eigenvalue weighted by Crippen LogP contribution is -2.60. The molecule has 2 saturated heterocycles. The lowest BCUT2D eigenvalue weighted by Gasteiger charge is -2.39. The number of benzene rings is 1.